The van der Waals surface area contributed by atoms with Crippen LogP contribution in [0, 0.1) is 0 Å². The van der Waals surface area contributed by atoms with Crippen molar-refractivity contribution >= 4 is 5.97 Å². The van der Waals surface area contributed by atoms with E-state index in [0.717, 1.165) is 32.2 Å². The van der Waals surface area contributed by atoms with Crippen LogP contribution in [0.25, 0.3) is 0 Å². The quantitative estimate of drug-likeness (QED) is 0.206. The number of nitrogens with one attached hydrogen (secondary N) is 1. The van der Waals surface area contributed by atoms with Crippen LogP contribution < -0.4 is 10.6 Å². The van der Waals surface area contributed by atoms with Crippen LogP contribution in [0.1, 0.15) is 96.8 Å². The second-order valence-electron chi connectivity index (χ2n) is 8.48. The molecule has 0 saturated carbocycles. The predicted molar refractivity (Wildman–Crippen MR) is 106 cm³/mol. The molecule has 0 aliphatic rings. The third-order valence-corrected chi connectivity index (χ3v) is 5.21. The number of hydrogen-bond acceptors (Lipinski definition) is 4. The van der Waals surface area contributed by atoms with Gasteiger partial charge in [0, 0.05) is 6.04 Å². The molecule has 0 rings (SSSR count). The first kappa shape index (κ1) is 25.4. The van der Waals surface area contributed by atoms with Crippen molar-refractivity contribution in [1.82, 2.24) is 5.48 Å². The Labute approximate surface area is 161 Å². The van der Waals surface area contributed by atoms with E-state index < -0.39 is 5.97 Å². The number of hydroxylamine groups is 1. The highest BCUT2D eigenvalue weighted by atomic mass is 16.5. The van der Waals surface area contributed by atoms with E-state index in [1.807, 2.05) is 14.1 Å². The largest absolute Gasteiger partial charge is 0.544 e. The van der Waals surface area contributed by atoms with Gasteiger partial charge in [-0.3, -0.25) is 0 Å². The van der Waals surface area contributed by atoms with Gasteiger partial charge in [-0.25, -0.2) is 5.48 Å². The van der Waals surface area contributed by atoms with Gasteiger partial charge in [0.25, 0.3) is 0 Å². The number of nitrogens with zero attached hydrogens (tertiary/aromatic N) is 1. The molecule has 0 aromatic carbocycles. The van der Waals surface area contributed by atoms with Crippen molar-refractivity contribution < 1.29 is 19.6 Å². The molecular formula is C21H44N2O3. The van der Waals surface area contributed by atoms with Crippen LogP contribution in [0.2, 0.25) is 0 Å². The number of carboxylic acid groups (broad SMARTS) is 1. The standard InChI is InChI=1S/C21H44N2O3/c1-4-5-6-7-8-9-10-11-12-13-14-16-20(22-26)17-15-18-23(2,3)19-21(24)25/h20,22,26H,4-19H2,1-3H3. The van der Waals surface area contributed by atoms with Gasteiger partial charge < -0.3 is 19.6 Å². The third kappa shape index (κ3) is 16.8. The van der Waals surface area contributed by atoms with Gasteiger partial charge in [-0.2, -0.15) is 0 Å². The number of hydrogen-bond donors (Lipinski definition) is 2. The van der Waals surface area contributed by atoms with E-state index in [1.54, 1.807) is 0 Å². The van der Waals surface area contributed by atoms with Crippen LogP contribution in [-0.2, 0) is 4.79 Å². The van der Waals surface area contributed by atoms with Crippen molar-refractivity contribution in [2.75, 3.05) is 27.2 Å². The van der Waals surface area contributed by atoms with Gasteiger partial charge in [0.05, 0.1) is 26.6 Å². The summed E-state index contributed by atoms with van der Waals surface area (Å²) in [6, 6.07) is 0.122. The fraction of sp³-hybridized carbons (Fsp3) is 0.952. The van der Waals surface area contributed by atoms with E-state index in [-0.39, 0.29) is 12.6 Å². The summed E-state index contributed by atoms with van der Waals surface area (Å²) in [6.07, 6.45) is 17.4. The summed E-state index contributed by atoms with van der Waals surface area (Å²) in [5.41, 5.74) is 2.43. The summed E-state index contributed by atoms with van der Waals surface area (Å²) < 4.78 is 0.429. The lowest BCUT2D eigenvalue weighted by Gasteiger charge is -2.30. The Balaban J connectivity index is 3.54. The molecule has 0 fully saturated rings. The normalized spacial score (nSPS) is 13.1. The van der Waals surface area contributed by atoms with Gasteiger partial charge in [0.1, 0.15) is 6.54 Å². The van der Waals surface area contributed by atoms with Crippen molar-refractivity contribution in [2.24, 2.45) is 0 Å². The number of carbonyl (C=O) groups is 1. The molecule has 5 nitrogen and oxygen atoms in total. The lowest BCUT2D eigenvalue weighted by Crippen LogP contribution is -2.49. The van der Waals surface area contributed by atoms with E-state index >= 15 is 0 Å². The van der Waals surface area contributed by atoms with E-state index in [4.69, 9.17) is 0 Å². The molecule has 0 aromatic heterocycles. The monoisotopic (exact) mass is 372 g/mol. The van der Waals surface area contributed by atoms with Gasteiger partial charge >= 0.3 is 0 Å². The molecule has 0 amide bonds. The Hall–Kier alpha value is -0.650. The highest BCUT2D eigenvalue weighted by Crippen LogP contribution is 2.14. The Kier molecular flexibility index (Phi) is 16.1. The zero-order chi connectivity index (χ0) is 19.7. The lowest BCUT2D eigenvalue weighted by atomic mass is 10.0. The van der Waals surface area contributed by atoms with Crippen molar-refractivity contribution in [2.45, 2.75) is 103 Å². The summed E-state index contributed by atoms with van der Waals surface area (Å²) in [5, 5.41) is 20.0. The maximum Gasteiger partial charge on any atom is 0.119 e. The highest BCUT2D eigenvalue weighted by Gasteiger charge is 2.16. The molecule has 0 radical (unpaired) electrons. The molecule has 0 spiro atoms. The average molecular weight is 373 g/mol. The first-order valence-corrected chi connectivity index (χ1v) is 10.8. The predicted octanol–water partition coefficient (Wildman–Crippen LogP) is 3.64. The summed E-state index contributed by atoms with van der Waals surface area (Å²) in [6.45, 7) is 3.08. The minimum atomic E-state index is -1.01. The molecule has 0 aromatic rings. The van der Waals surface area contributed by atoms with Crippen molar-refractivity contribution in [1.29, 1.82) is 0 Å². The second kappa shape index (κ2) is 16.5. The summed E-state index contributed by atoms with van der Waals surface area (Å²) in [5.74, 6) is -1.01. The van der Waals surface area contributed by atoms with Gasteiger partial charge in [-0.05, 0) is 19.3 Å². The number of carbonyl (C=O) groups excluding carboxylic acids is 1. The SMILES string of the molecule is CCCCCCCCCCCCCC(CCC[N+](C)(C)CC(=O)[O-])NO. The highest BCUT2D eigenvalue weighted by molar-refractivity contribution is 5.65. The first-order valence-electron chi connectivity index (χ1n) is 10.8. The molecule has 1 atom stereocenters. The Morgan fingerprint density at radius 2 is 1.35 bits per heavy atom. The first-order chi connectivity index (χ1) is 12.4. The molecule has 0 heterocycles. The van der Waals surface area contributed by atoms with E-state index in [1.165, 1.54) is 64.2 Å². The topological polar surface area (TPSA) is 72.4 Å². The molecular weight excluding hydrogens is 328 g/mol. The van der Waals surface area contributed by atoms with E-state index in [9.17, 15) is 15.1 Å². The van der Waals surface area contributed by atoms with Crippen molar-refractivity contribution in [3.63, 3.8) is 0 Å². The number of rotatable bonds is 19. The molecule has 26 heavy (non-hydrogen) atoms. The maximum absolute atomic E-state index is 10.7. The fourth-order valence-corrected chi connectivity index (χ4v) is 3.52. The Bertz CT molecular complexity index is 335. The average Bonchev–Trinajstić information content (AvgIpc) is 2.56. The van der Waals surface area contributed by atoms with Gasteiger partial charge in [0.15, 0.2) is 0 Å². The molecule has 0 aliphatic carbocycles. The third-order valence-electron chi connectivity index (χ3n) is 5.21. The Morgan fingerprint density at radius 1 is 0.885 bits per heavy atom. The van der Waals surface area contributed by atoms with Crippen molar-refractivity contribution in [3.05, 3.63) is 0 Å². The van der Waals surface area contributed by atoms with Crippen LogP contribution in [0.15, 0.2) is 0 Å². The number of carboxylic acids is 1. The maximum atomic E-state index is 10.7. The number of quaternary nitrogens is 1. The molecule has 2 N–H and O–H groups in total. The smallest absolute Gasteiger partial charge is 0.119 e. The molecule has 0 bridgehead atoms. The zero-order valence-corrected chi connectivity index (χ0v) is 17.6. The number of likely N-dealkylation sites (N-methyl/N-ethyl adjacent to an activating group) is 1. The number of aliphatic carboxylic acids is 1. The van der Waals surface area contributed by atoms with Gasteiger partial charge in [-0.15, -0.1) is 0 Å². The minimum Gasteiger partial charge on any atom is -0.544 e. The van der Waals surface area contributed by atoms with E-state index in [0.29, 0.717) is 4.48 Å². The van der Waals surface area contributed by atoms with Gasteiger partial charge in [-0.1, -0.05) is 77.6 Å². The summed E-state index contributed by atoms with van der Waals surface area (Å²) in [7, 11) is 3.81. The lowest BCUT2D eigenvalue weighted by molar-refractivity contribution is -0.885. The van der Waals surface area contributed by atoms with Crippen LogP contribution in [0.3, 0.4) is 0 Å². The van der Waals surface area contributed by atoms with E-state index in [2.05, 4.69) is 12.4 Å². The van der Waals surface area contributed by atoms with Crippen LogP contribution in [0.4, 0.5) is 0 Å². The van der Waals surface area contributed by atoms with Crippen LogP contribution in [0.5, 0.6) is 0 Å². The molecule has 5 heteroatoms. The second-order valence-corrected chi connectivity index (χ2v) is 8.48. The van der Waals surface area contributed by atoms with Crippen LogP contribution >= 0.6 is 0 Å². The number of unbranched alkanes of at least 4 members (excludes halogenated alkanes) is 10. The van der Waals surface area contributed by atoms with Crippen LogP contribution in [-0.4, -0.2) is 48.9 Å². The summed E-state index contributed by atoms with van der Waals surface area (Å²) >= 11 is 0. The van der Waals surface area contributed by atoms with Gasteiger partial charge in [0.2, 0.25) is 0 Å². The molecule has 1 unspecified atom stereocenters. The minimum absolute atomic E-state index is 0.0375. The molecule has 0 aliphatic heterocycles. The molecule has 0 saturated heterocycles. The Morgan fingerprint density at radius 3 is 1.81 bits per heavy atom. The zero-order valence-electron chi connectivity index (χ0n) is 17.6. The summed E-state index contributed by atoms with van der Waals surface area (Å²) in [4.78, 5) is 10.7. The fourth-order valence-electron chi connectivity index (χ4n) is 3.52. The molecule has 156 valence electrons. The van der Waals surface area contributed by atoms with Crippen molar-refractivity contribution in [3.8, 4) is 0 Å².